The van der Waals surface area contributed by atoms with Crippen molar-refractivity contribution in [2.24, 2.45) is 0 Å². The first-order valence-electron chi connectivity index (χ1n) is 3.38. The van der Waals surface area contributed by atoms with Crippen LogP contribution in [0.5, 0.6) is 0 Å². The number of allylic oxidation sites excluding steroid dienone is 1. The van der Waals surface area contributed by atoms with Crippen molar-refractivity contribution in [2.75, 3.05) is 6.61 Å². The molecule has 0 heterocycles. The van der Waals surface area contributed by atoms with Crippen molar-refractivity contribution in [3.05, 3.63) is 24.8 Å². The summed E-state index contributed by atoms with van der Waals surface area (Å²) in [5.41, 5.74) is 0. The molecule has 0 radical (unpaired) electrons. The highest BCUT2D eigenvalue weighted by molar-refractivity contribution is 5.32. The Morgan fingerprint density at radius 3 is 2.75 bits per heavy atom. The second-order valence-electron chi connectivity index (χ2n) is 1.80. The van der Waals surface area contributed by atoms with Crippen molar-refractivity contribution in [1.82, 2.24) is 0 Å². The monoisotopic (exact) mass is 162 g/mol. The molecule has 0 aliphatic carbocycles. The first-order chi connectivity index (χ1) is 5.81. The summed E-state index contributed by atoms with van der Waals surface area (Å²) in [7, 11) is 0. The lowest BCUT2D eigenvalue weighted by atomic mass is 10.3. The van der Waals surface area contributed by atoms with Crippen LogP contribution in [-0.2, 0) is 0 Å². The lowest BCUT2D eigenvalue weighted by Crippen LogP contribution is -1.94. The third-order valence-corrected chi connectivity index (χ3v) is 0.885. The maximum atomic E-state index is 8.84. The van der Waals surface area contributed by atoms with Gasteiger partial charge in [0.1, 0.15) is 6.10 Å². The summed E-state index contributed by atoms with van der Waals surface area (Å²) in [5, 5.41) is 17.1. The van der Waals surface area contributed by atoms with E-state index in [1.807, 2.05) is 0 Å². The van der Waals surface area contributed by atoms with E-state index in [0.29, 0.717) is 0 Å². The van der Waals surface area contributed by atoms with E-state index in [4.69, 9.17) is 10.2 Å². The fourth-order valence-electron chi connectivity index (χ4n) is 0.358. The second kappa shape index (κ2) is 7.63. The largest absolute Gasteiger partial charge is 0.392 e. The van der Waals surface area contributed by atoms with Gasteiger partial charge in [-0.15, -0.1) is 0 Å². The average Bonchev–Trinajstić information content (AvgIpc) is 2.10. The summed E-state index contributed by atoms with van der Waals surface area (Å²) >= 11 is 0. The van der Waals surface area contributed by atoms with Crippen molar-refractivity contribution in [3.63, 3.8) is 0 Å². The Morgan fingerprint density at radius 1 is 1.42 bits per heavy atom. The molecule has 0 aliphatic rings. The standard InChI is InChI=1S/C10H10O2/c1-2-10(12)8-6-4-3-5-7-9-11/h2,5,7,10-12H,1,9H2. The Morgan fingerprint density at radius 2 is 2.17 bits per heavy atom. The van der Waals surface area contributed by atoms with E-state index in [1.165, 1.54) is 18.2 Å². The summed E-state index contributed by atoms with van der Waals surface area (Å²) in [6.45, 7) is 3.31. The number of hydrogen-bond acceptors (Lipinski definition) is 2. The van der Waals surface area contributed by atoms with Crippen LogP contribution < -0.4 is 0 Å². The molecule has 0 aliphatic heterocycles. The van der Waals surface area contributed by atoms with Gasteiger partial charge in [-0.2, -0.15) is 0 Å². The van der Waals surface area contributed by atoms with Crippen molar-refractivity contribution in [3.8, 4) is 23.7 Å². The van der Waals surface area contributed by atoms with Crippen LogP contribution in [0.4, 0.5) is 0 Å². The number of hydrogen-bond donors (Lipinski definition) is 2. The van der Waals surface area contributed by atoms with Crippen molar-refractivity contribution >= 4 is 0 Å². The van der Waals surface area contributed by atoms with Crippen LogP contribution in [0.2, 0.25) is 0 Å². The molecule has 0 fully saturated rings. The minimum atomic E-state index is -0.818. The topological polar surface area (TPSA) is 40.5 Å². The zero-order valence-corrected chi connectivity index (χ0v) is 6.62. The van der Waals surface area contributed by atoms with Crippen LogP contribution in [-0.4, -0.2) is 22.9 Å². The third kappa shape index (κ3) is 6.64. The number of aliphatic hydroxyl groups is 2. The fraction of sp³-hybridized carbons (Fsp3) is 0.200. The van der Waals surface area contributed by atoms with Gasteiger partial charge in [0.25, 0.3) is 0 Å². The van der Waals surface area contributed by atoms with Gasteiger partial charge in [-0.05, 0) is 17.9 Å². The SMILES string of the molecule is C=CC(O)C#CC#CC=CCO. The molecule has 0 saturated heterocycles. The normalized spacial score (nSPS) is 10.8. The first kappa shape index (κ1) is 10.5. The summed E-state index contributed by atoms with van der Waals surface area (Å²) < 4.78 is 0. The maximum Gasteiger partial charge on any atom is 0.134 e. The zero-order chi connectivity index (χ0) is 9.23. The Labute approximate surface area is 72.2 Å². The summed E-state index contributed by atoms with van der Waals surface area (Å²) in [4.78, 5) is 0. The lowest BCUT2D eigenvalue weighted by molar-refractivity contribution is 0.281. The highest BCUT2D eigenvalue weighted by Gasteiger charge is 1.83. The Kier molecular flexibility index (Phi) is 6.68. The van der Waals surface area contributed by atoms with Gasteiger partial charge in [-0.1, -0.05) is 30.6 Å². The fourth-order valence-corrected chi connectivity index (χ4v) is 0.358. The van der Waals surface area contributed by atoms with Crippen LogP contribution in [0.1, 0.15) is 0 Å². The van der Waals surface area contributed by atoms with Gasteiger partial charge in [-0.25, -0.2) is 0 Å². The molecule has 2 heteroatoms. The highest BCUT2D eigenvalue weighted by atomic mass is 16.3. The van der Waals surface area contributed by atoms with Gasteiger partial charge in [0.15, 0.2) is 0 Å². The van der Waals surface area contributed by atoms with Gasteiger partial charge in [0, 0.05) is 0 Å². The van der Waals surface area contributed by atoms with Gasteiger partial charge >= 0.3 is 0 Å². The van der Waals surface area contributed by atoms with Crippen molar-refractivity contribution in [1.29, 1.82) is 0 Å². The molecule has 62 valence electrons. The molecule has 0 aromatic heterocycles. The van der Waals surface area contributed by atoms with Crippen LogP contribution in [0.3, 0.4) is 0 Å². The molecule has 0 saturated carbocycles. The molecule has 0 spiro atoms. The first-order valence-corrected chi connectivity index (χ1v) is 3.38. The Balaban J connectivity index is 3.88. The van der Waals surface area contributed by atoms with E-state index in [1.54, 1.807) is 0 Å². The predicted molar refractivity (Wildman–Crippen MR) is 48.0 cm³/mol. The molecule has 0 bridgehead atoms. The number of rotatable bonds is 2. The molecular weight excluding hydrogens is 152 g/mol. The van der Waals surface area contributed by atoms with E-state index in [9.17, 15) is 0 Å². The average molecular weight is 162 g/mol. The second-order valence-corrected chi connectivity index (χ2v) is 1.80. The third-order valence-electron chi connectivity index (χ3n) is 0.885. The lowest BCUT2D eigenvalue weighted by Gasteiger charge is -1.86. The Bertz CT molecular complexity index is 268. The predicted octanol–water partition coefficient (Wildman–Crippen LogP) is 0.0886. The minimum Gasteiger partial charge on any atom is -0.392 e. The van der Waals surface area contributed by atoms with Crippen molar-refractivity contribution in [2.45, 2.75) is 6.10 Å². The quantitative estimate of drug-likeness (QED) is 0.446. The van der Waals surface area contributed by atoms with E-state index >= 15 is 0 Å². The summed E-state index contributed by atoms with van der Waals surface area (Å²) in [5.74, 6) is 9.88. The number of aliphatic hydroxyl groups excluding tert-OH is 2. The van der Waals surface area contributed by atoms with E-state index < -0.39 is 6.10 Å². The van der Waals surface area contributed by atoms with Gasteiger partial charge < -0.3 is 10.2 Å². The van der Waals surface area contributed by atoms with Gasteiger partial charge in [-0.3, -0.25) is 0 Å². The van der Waals surface area contributed by atoms with Crippen LogP contribution >= 0.6 is 0 Å². The van der Waals surface area contributed by atoms with Crippen LogP contribution in [0.15, 0.2) is 24.8 Å². The molecule has 2 N–H and O–H groups in total. The molecule has 0 aromatic rings. The van der Waals surface area contributed by atoms with Crippen molar-refractivity contribution < 1.29 is 10.2 Å². The smallest absolute Gasteiger partial charge is 0.134 e. The molecule has 12 heavy (non-hydrogen) atoms. The molecule has 2 nitrogen and oxygen atoms in total. The minimum absolute atomic E-state index is 0.0304. The summed E-state index contributed by atoms with van der Waals surface area (Å²) in [6, 6.07) is 0. The van der Waals surface area contributed by atoms with Gasteiger partial charge in [0.2, 0.25) is 0 Å². The van der Waals surface area contributed by atoms with Crippen LogP contribution in [0, 0.1) is 23.7 Å². The summed E-state index contributed by atoms with van der Waals surface area (Å²) in [6.07, 6.45) is 3.49. The van der Waals surface area contributed by atoms with Crippen LogP contribution in [0.25, 0.3) is 0 Å². The molecular formula is C10H10O2. The molecule has 0 amide bonds. The van der Waals surface area contributed by atoms with E-state index in [-0.39, 0.29) is 6.61 Å². The molecule has 0 aromatic carbocycles. The maximum absolute atomic E-state index is 8.84. The molecule has 1 unspecified atom stereocenters. The molecule has 1 atom stereocenters. The Hall–Kier alpha value is -1.48. The zero-order valence-electron chi connectivity index (χ0n) is 6.62. The highest BCUT2D eigenvalue weighted by Crippen LogP contribution is 1.76. The van der Waals surface area contributed by atoms with E-state index in [2.05, 4.69) is 30.3 Å². The van der Waals surface area contributed by atoms with Gasteiger partial charge in [0.05, 0.1) is 6.61 Å². The molecule has 0 rings (SSSR count). The van der Waals surface area contributed by atoms with E-state index in [0.717, 1.165) is 0 Å².